The Bertz CT molecular complexity index is 586. The fraction of sp³-hybridized carbons (Fsp3) is 0.538. The van der Waals surface area contributed by atoms with Crippen molar-refractivity contribution in [2.45, 2.75) is 18.4 Å². The van der Waals surface area contributed by atoms with Gasteiger partial charge in [-0.05, 0) is 26.0 Å². The van der Waals surface area contributed by atoms with E-state index >= 15 is 0 Å². The summed E-state index contributed by atoms with van der Waals surface area (Å²) < 4.78 is 0. The molecule has 1 aliphatic carbocycles. The lowest BCUT2D eigenvalue weighted by atomic mass is 10.1. The number of anilines is 1. The molecule has 18 heavy (non-hydrogen) atoms. The maximum Gasteiger partial charge on any atom is 0.142 e. The summed E-state index contributed by atoms with van der Waals surface area (Å²) in [5.74, 6) is 1.08. The zero-order chi connectivity index (χ0) is 12.2. The van der Waals surface area contributed by atoms with Crippen molar-refractivity contribution >= 4 is 16.9 Å². The van der Waals surface area contributed by atoms with Gasteiger partial charge in [0.05, 0.1) is 5.39 Å². The summed E-state index contributed by atoms with van der Waals surface area (Å²) in [4.78, 5) is 16.8. The molecule has 94 valence electrons. The molecule has 1 N–H and O–H groups in total. The summed E-state index contributed by atoms with van der Waals surface area (Å²) in [5, 5.41) is 1.14. The van der Waals surface area contributed by atoms with Gasteiger partial charge in [0.2, 0.25) is 0 Å². The number of aromatic amines is 1. The van der Waals surface area contributed by atoms with E-state index in [1.54, 1.807) is 6.33 Å². The van der Waals surface area contributed by atoms with E-state index in [0.29, 0.717) is 5.54 Å². The molecule has 0 atom stereocenters. The molecule has 1 aliphatic heterocycles. The van der Waals surface area contributed by atoms with Gasteiger partial charge in [-0.1, -0.05) is 0 Å². The minimum atomic E-state index is 0.422. The van der Waals surface area contributed by atoms with Gasteiger partial charge in [0.1, 0.15) is 17.8 Å². The Morgan fingerprint density at radius 1 is 1.28 bits per heavy atom. The van der Waals surface area contributed by atoms with E-state index < -0.39 is 0 Å². The predicted molar refractivity (Wildman–Crippen MR) is 70.7 cm³/mol. The third kappa shape index (κ3) is 1.37. The fourth-order valence-corrected chi connectivity index (χ4v) is 3.04. The lowest BCUT2D eigenvalue weighted by Crippen LogP contribution is -2.53. The van der Waals surface area contributed by atoms with Crippen LogP contribution in [0.25, 0.3) is 11.0 Å². The van der Waals surface area contributed by atoms with Crippen LogP contribution in [-0.4, -0.2) is 52.1 Å². The molecule has 0 aromatic carbocycles. The topological polar surface area (TPSA) is 48.1 Å². The molecule has 5 nitrogen and oxygen atoms in total. The Balaban J connectivity index is 1.73. The molecule has 2 aliphatic rings. The minimum absolute atomic E-state index is 0.422. The van der Waals surface area contributed by atoms with E-state index in [1.165, 1.54) is 12.8 Å². The van der Waals surface area contributed by atoms with Crippen LogP contribution < -0.4 is 4.90 Å². The quantitative estimate of drug-likeness (QED) is 0.818. The Morgan fingerprint density at radius 2 is 2.17 bits per heavy atom. The number of H-pyrrole nitrogens is 1. The first-order valence-electron chi connectivity index (χ1n) is 6.53. The summed E-state index contributed by atoms with van der Waals surface area (Å²) in [6, 6.07) is 2.07. The first-order valence-corrected chi connectivity index (χ1v) is 6.53. The molecule has 0 bridgehead atoms. The van der Waals surface area contributed by atoms with Crippen LogP contribution in [0.5, 0.6) is 0 Å². The largest absolute Gasteiger partial charge is 0.353 e. The second-order valence-electron chi connectivity index (χ2n) is 5.50. The van der Waals surface area contributed by atoms with Gasteiger partial charge in [-0.2, -0.15) is 0 Å². The molecule has 0 unspecified atom stereocenters. The number of hydrogen-bond acceptors (Lipinski definition) is 4. The Morgan fingerprint density at radius 3 is 3.00 bits per heavy atom. The Kier molecular flexibility index (Phi) is 1.97. The summed E-state index contributed by atoms with van der Waals surface area (Å²) in [7, 11) is 2.25. The van der Waals surface area contributed by atoms with Crippen LogP contribution in [0.15, 0.2) is 18.6 Å². The van der Waals surface area contributed by atoms with Crippen LogP contribution in [0.1, 0.15) is 12.8 Å². The second kappa shape index (κ2) is 3.45. The molecule has 0 radical (unpaired) electrons. The number of nitrogens with one attached hydrogen (secondary N) is 1. The molecular formula is C13H17N5. The lowest BCUT2D eigenvalue weighted by molar-refractivity contribution is 0.198. The molecule has 1 saturated carbocycles. The minimum Gasteiger partial charge on any atom is -0.353 e. The number of fused-ring (bicyclic) bond motifs is 1. The lowest BCUT2D eigenvalue weighted by Gasteiger charge is -2.40. The Hall–Kier alpha value is -1.62. The summed E-state index contributed by atoms with van der Waals surface area (Å²) >= 11 is 0. The molecule has 0 amide bonds. The van der Waals surface area contributed by atoms with Gasteiger partial charge >= 0.3 is 0 Å². The van der Waals surface area contributed by atoms with Gasteiger partial charge in [0.25, 0.3) is 0 Å². The van der Waals surface area contributed by atoms with Gasteiger partial charge in [-0.15, -0.1) is 0 Å². The van der Waals surface area contributed by atoms with Crippen molar-refractivity contribution < 1.29 is 0 Å². The molecule has 3 heterocycles. The van der Waals surface area contributed by atoms with E-state index in [2.05, 4.69) is 37.9 Å². The average Bonchev–Trinajstić information content (AvgIpc) is 2.99. The van der Waals surface area contributed by atoms with Crippen molar-refractivity contribution in [1.29, 1.82) is 0 Å². The molecule has 2 aromatic heterocycles. The van der Waals surface area contributed by atoms with Crippen LogP contribution in [0.2, 0.25) is 0 Å². The van der Waals surface area contributed by atoms with Crippen molar-refractivity contribution in [3.8, 4) is 0 Å². The van der Waals surface area contributed by atoms with Gasteiger partial charge in [-0.3, -0.25) is 4.90 Å². The number of aromatic nitrogens is 3. The first-order chi connectivity index (χ1) is 8.78. The molecule has 4 rings (SSSR count). The Labute approximate surface area is 106 Å². The fourth-order valence-electron chi connectivity index (χ4n) is 3.04. The molecule has 2 aromatic rings. The first kappa shape index (κ1) is 10.3. The average molecular weight is 243 g/mol. The third-order valence-electron chi connectivity index (χ3n) is 4.46. The number of nitrogens with zero attached hydrogens (tertiary/aromatic N) is 4. The highest BCUT2D eigenvalue weighted by molar-refractivity contribution is 5.87. The summed E-state index contributed by atoms with van der Waals surface area (Å²) in [5.41, 5.74) is 1.36. The van der Waals surface area contributed by atoms with E-state index in [1.807, 2.05) is 6.20 Å². The van der Waals surface area contributed by atoms with Gasteiger partial charge < -0.3 is 9.88 Å². The van der Waals surface area contributed by atoms with E-state index in [4.69, 9.17) is 0 Å². The normalized spacial score (nSPS) is 22.8. The third-order valence-corrected chi connectivity index (χ3v) is 4.46. The van der Waals surface area contributed by atoms with Crippen LogP contribution in [-0.2, 0) is 0 Å². The molecule has 5 heteroatoms. The van der Waals surface area contributed by atoms with Crippen molar-refractivity contribution in [3.05, 3.63) is 18.6 Å². The van der Waals surface area contributed by atoms with Crippen LogP contribution in [0, 0.1) is 0 Å². The highest BCUT2D eigenvalue weighted by Gasteiger charge is 2.49. The number of likely N-dealkylation sites (N-methyl/N-ethyl adjacent to an activating group) is 1. The van der Waals surface area contributed by atoms with Crippen molar-refractivity contribution in [2.24, 2.45) is 0 Å². The monoisotopic (exact) mass is 243 g/mol. The maximum atomic E-state index is 4.50. The highest BCUT2D eigenvalue weighted by Crippen LogP contribution is 2.44. The van der Waals surface area contributed by atoms with Gasteiger partial charge in [0.15, 0.2) is 0 Å². The van der Waals surface area contributed by atoms with Crippen molar-refractivity contribution in [2.75, 3.05) is 31.6 Å². The van der Waals surface area contributed by atoms with E-state index in [9.17, 15) is 0 Å². The van der Waals surface area contributed by atoms with E-state index in [0.717, 1.165) is 36.5 Å². The number of hydrogen-bond donors (Lipinski definition) is 1. The SMILES string of the molecule is CN1CCN(c2ncnc3[nH]ccc23)CC12CC2. The summed E-state index contributed by atoms with van der Waals surface area (Å²) in [6.45, 7) is 3.27. The zero-order valence-corrected chi connectivity index (χ0v) is 10.6. The van der Waals surface area contributed by atoms with Crippen LogP contribution >= 0.6 is 0 Å². The standard InChI is InChI=1S/C13H17N5/c1-17-6-7-18(8-13(17)3-4-13)12-10-2-5-14-11(10)15-9-16-12/h2,5,9H,3-4,6-8H2,1H3,(H,14,15,16). The maximum absolute atomic E-state index is 4.50. The highest BCUT2D eigenvalue weighted by atomic mass is 15.3. The molecule has 1 saturated heterocycles. The van der Waals surface area contributed by atoms with Crippen LogP contribution in [0.3, 0.4) is 0 Å². The van der Waals surface area contributed by atoms with Gasteiger partial charge in [-0.25, -0.2) is 9.97 Å². The predicted octanol–water partition coefficient (Wildman–Crippen LogP) is 1.24. The number of piperazine rings is 1. The summed E-state index contributed by atoms with van der Waals surface area (Å²) in [6.07, 6.45) is 6.24. The number of rotatable bonds is 1. The molecule has 2 fully saturated rings. The zero-order valence-electron chi connectivity index (χ0n) is 10.6. The molecular weight excluding hydrogens is 226 g/mol. The van der Waals surface area contributed by atoms with Gasteiger partial charge in [0, 0.05) is 31.4 Å². The second-order valence-corrected chi connectivity index (χ2v) is 5.50. The smallest absolute Gasteiger partial charge is 0.142 e. The molecule has 1 spiro atoms. The van der Waals surface area contributed by atoms with E-state index in [-0.39, 0.29) is 0 Å². The van der Waals surface area contributed by atoms with Crippen molar-refractivity contribution in [3.63, 3.8) is 0 Å². The van der Waals surface area contributed by atoms with Crippen LogP contribution in [0.4, 0.5) is 5.82 Å². The van der Waals surface area contributed by atoms with Crippen molar-refractivity contribution in [1.82, 2.24) is 19.9 Å².